The van der Waals surface area contributed by atoms with E-state index in [-0.39, 0.29) is 11.8 Å². The maximum Gasteiger partial charge on any atom is 0.169 e. The lowest BCUT2D eigenvalue weighted by Crippen LogP contribution is -2.05. The fourth-order valence-electron chi connectivity index (χ4n) is 1.66. The van der Waals surface area contributed by atoms with Gasteiger partial charge in [-0.15, -0.1) is 0 Å². The van der Waals surface area contributed by atoms with Crippen LogP contribution in [0.25, 0.3) is 0 Å². The fourth-order valence-corrected chi connectivity index (χ4v) is 1.98. The van der Waals surface area contributed by atoms with Crippen LogP contribution >= 0.6 is 15.9 Å². The van der Waals surface area contributed by atoms with E-state index in [1.807, 2.05) is 25.1 Å². The molecule has 0 aliphatic carbocycles. The number of hydrogen-bond acceptors (Lipinski definition) is 4. The maximum absolute atomic E-state index is 9.68. The summed E-state index contributed by atoms with van der Waals surface area (Å²) in [5.41, 5.74) is 0.799. The predicted molar refractivity (Wildman–Crippen MR) is 73.1 cm³/mol. The molecule has 0 aliphatic heterocycles. The van der Waals surface area contributed by atoms with E-state index in [2.05, 4.69) is 21.2 Å². The van der Waals surface area contributed by atoms with Gasteiger partial charge in [0.1, 0.15) is 5.76 Å². The van der Waals surface area contributed by atoms with Gasteiger partial charge in [-0.3, -0.25) is 0 Å². The van der Waals surface area contributed by atoms with Crippen molar-refractivity contribution in [1.82, 2.24) is 0 Å². The second kappa shape index (κ2) is 5.35. The standard InChI is InChI=1S/C13H14BrNO3/c1-8(11-5-6-13(14)18-11)15-9-3-4-12(17-2)10(16)7-9/h3-8,15-16H,1-2H3. The Morgan fingerprint density at radius 1 is 1.33 bits per heavy atom. The molecule has 2 N–H and O–H groups in total. The zero-order chi connectivity index (χ0) is 13.1. The third-order valence-corrected chi connectivity index (χ3v) is 3.01. The largest absolute Gasteiger partial charge is 0.504 e. The van der Waals surface area contributed by atoms with Crippen LogP contribution in [0.2, 0.25) is 0 Å². The molecule has 96 valence electrons. The SMILES string of the molecule is COc1ccc(NC(C)c2ccc(Br)o2)cc1O. The third-order valence-electron chi connectivity index (χ3n) is 2.58. The Morgan fingerprint density at radius 2 is 2.11 bits per heavy atom. The Morgan fingerprint density at radius 3 is 2.67 bits per heavy atom. The number of nitrogens with one attached hydrogen (secondary N) is 1. The normalized spacial score (nSPS) is 12.2. The zero-order valence-electron chi connectivity index (χ0n) is 10.1. The van der Waals surface area contributed by atoms with Crippen molar-refractivity contribution in [3.63, 3.8) is 0 Å². The summed E-state index contributed by atoms with van der Waals surface area (Å²) in [6.07, 6.45) is 0. The minimum atomic E-state index is 0.00379. The Balaban J connectivity index is 2.12. The summed E-state index contributed by atoms with van der Waals surface area (Å²) >= 11 is 3.27. The molecule has 4 nitrogen and oxygen atoms in total. The topological polar surface area (TPSA) is 54.6 Å². The van der Waals surface area contributed by atoms with Crippen LogP contribution in [0.1, 0.15) is 18.7 Å². The van der Waals surface area contributed by atoms with Gasteiger partial charge in [0.15, 0.2) is 16.2 Å². The Kier molecular flexibility index (Phi) is 3.81. The van der Waals surface area contributed by atoms with E-state index in [4.69, 9.17) is 9.15 Å². The quantitative estimate of drug-likeness (QED) is 0.898. The monoisotopic (exact) mass is 311 g/mol. The van der Waals surface area contributed by atoms with E-state index in [9.17, 15) is 5.11 Å². The summed E-state index contributed by atoms with van der Waals surface area (Å²) in [6, 6.07) is 8.91. The molecular formula is C13H14BrNO3. The third kappa shape index (κ3) is 2.79. The van der Waals surface area contributed by atoms with Gasteiger partial charge in [0, 0.05) is 11.8 Å². The van der Waals surface area contributed by atoms with Crippen LogP contribution in [0.3, 0.4) is 0 Å². The van der Waals surface area contributed by atoms with Gasteiger partial charge in [0.2, 0.25) is 0 Å². The molecular weight excluding hydrogens is 298 g/mol. The molecule has 18 heavy (non-hydrogen) atoms. The molecule has 0 spiro atoms. The molecule has 2 rings (SSSR count). The van der Waals surface area contributed by atoms with Crippen molar-refractivity contribution in [3.8, 4) is 11.5 Å². The summed E-state index contributed by atoms with van der Waals surface area (Å²) in [5, 5.41) is 12.9. The van der Waals surface area contributed by atoms with E-state index in [0.29, 0.717) is 10.4 Å². The van der Waals surface area contributed by atoms with Crippen molar-refractivity contribution in [2.24, 2.45) is 0 Å². The summed E-state index contributed by atoms with van der Waals surface area (Å²) in [7, 11) is 1.52. The van der Waals surface area contributed by atoms with Crippen LogP contribution in [0.4, 0.5) is 5.69 Å². The van der Waals surface area contributed by atoms with Crippen molar-refractivity contribution in [2.75, 3.05) is 12.4 Å². The van der Waals surface area contributed by atoms with Gasteiger partial charge < -0.3 is 19.6 Å². The van der Waals surface area contributed by atoms with Gasteiger partial charge in [0.05, 0.1) is 13.2 Å². The molecule has 0 bridgehead atoms. The van der Waals surface area contributed by atoms with Gasteiger partial charge in [-0.25, -0.2) is 0 Å². The molecule has 5 heteroatoms. The second-order valence-corrected chi connectivity index (χ2v) is 4.68. The van der Waals surface area contributed by atoms with Crippen LogP contribution in [-0.2, 0) is 0 Å². The highest BCUT2D eigenvalue weighted by Crippen LogP contribution is 2.30. The summed E-state index contributed by atoms with van der Waals surface area (Å²) in [5.74, 6) is 1.38. The van der Waals surface area contributed by atoms with Crippen molar-refractivity contribution in [2.45, 2.75) is 13.0 Å². The molecule has 1 heterocycles. The molecule has 1 atom stereocenters. The van der Waals surface area contributed by atoms with E-state index < -0.39 is 0 Å². The molecule has 2 aromatic rings. The summed E-state index contributed by atoms with van der Waals surface area (Å²) in [4.78, 5) is 0. The van der Waals surface area contributed by atoms with Crippen LogP contribution < -0.4 is 10.1 Å². The number of aromatic hydroxyl groups is 1. The van der Waals surface area contributed by atoms with Gasteiger partial charge >= 0.3 is 0 Å². The Labute approximate surface area is 114 Å². The predicted octanol–water partition coefficient (Wildman–Crippen LogP) is 3.93. The Hall–Kier alpha value is -1.62. The zero-order valence-corrected chi connectivity index (χ0v) is 11.7. The maximum atomic E-state index is 9.68. The number of benzene rings is 1. The van der Waals surface area contributed by atoms with E-state index >= 15 is 0 Å². The van der Waals surface area contributed by atoms with Gasteiger partial charge in [0.25, 0.3) is 0 Å². The summed E-state index contributed by atoms with van der Waals surface area (Å²) < 4.78 is 11.1. The highest BCUT2D eigenvalue weighted by atomic mass is 79.9. The summed E-state index contributed by atoms with van der Waals surface area (Å²) in [6.45, 7) is 1.98. The van der Waals surface area contributed by atoms with Crippen LogP contribution in [0, 0.1) is 0 Å². The lowest BCUT2D eigenvalue weighted by molar-refractivity contribution is 0.373. The number of methoxy groups -OCH3 is 1. The van der Waals surface area contributed by atoms with Crippen LogP contribution in [-0.4, -0.2) is 12.2 Å². The number of ether oxygens (including phenoxy) is 1. The minimum absolute atomic E-state index is 0.00379. The van der Waals surface area contributed by atoms with Gasteiger partial charge in [-0.05, 0) is 47.1 Å². The first-order chi connectivity index (χ1) is 8.60. The fraction of sp³-hybridized carbons (Fsp3) is 0.231. The Bertz CT molecular complexity index is 539. The number of rotatable bonds is 4. The molecule has 1 unspecified atom stereocenters. The van der Waals surface area contributed by atoms with Crippen LogP contribution in [0.15, 0.2) is 39.4 Å². The number of halogens is 1. The first-order valence-electron chi connectivity index (χ1n) is 5.49. The lowest BCUT2D eigenvalue weighted by atomic mass is 10.2. The van der Waals surface area contributed by atoms with Crippen molar-refractivity contribution in [1.29, 1.82) is 0 Å². The average Bonchev–Trinajstić information content (AvgIpc) is 2.76. The number of phenols is 1. The number of phenolic OH excluding ortho intramolecular Hbond substituents is 1. The molecule has 1 aromatic carbocycles. The van der Waals surface area contributed by atoms with Crippen molar-refractivity contribution < 1.29 is 14.3 Å². The first-order valence-corrected chi connectivity index (χ1v) is 6.28. The molecule has 0 saturated heterocycles. The molecule has 0 radical (unpaired) electrons. The molecule has 0 amide bonds. The van der Waals surface area contributed by atoms with E-state index in [1.165, 1.54) is 7.11 Å². The van der Waals surface area contributed by atoms with Gasteiger partial charge in [-0.2, -0.15) is 0 Å². The van der Waals surface area contributed by atoms with Crippen LogP contribution in [0.5, 0.6) is 11.5 Å². The molecule has 0 fully saturated rings. The average molecular weight is 312 g/mol. The molecule has 0 saturated carbocycles. The van der Waals surface area contributed by atoms with E-state index in [0.717, 1.165) is 11.4 Å². The lowest BCUT2D eigenvalue weighted by Gasteiger charge is -2.14. The molecule has 0 aliphatic rings. The smallest absolute Gasteiger partial charge is 0.169 e. The highest BCUT2D eigenvalue weighted by Gasteiger charge is 2.10. The molecule has 1 aromatic heterocycles. The number of hydrogen-bond donors (Lipinski definition) is 2. The second-order valence-electron chi connectivity index (χ2n) is 3.89. The number of anilines is 1. The van der Waals surface area contributed by atoms with Crippen molar-refractivity contribution >= 4 is 21.6 Å². The van der Waals surface area contributed by atoms with E-state index in [1.54, 1.807) is 12.1 Å². The first kappa shape index (κ1) is 12.8. The number of furan rings is 1. The van der Waals surface area contributed by atoms with Gasteiger partial charge in [-0.1, -0.05) is 0 Å². The van der Waals surface area contributed by atoms with Crippen molar-refractivity contribution in [3.05, 3.63) is 40.8 Å². The minimum Gasteiger partial charge on any atom is -0.504 e. The highest BCUT2D eigenvalue weighted by molar-refractivity contribution is 9.10.